The lowest BCUT2D eigenvalue weighted by atomic mass is 10.2. The Hall–Kier alpha value is -3.45. The van der Waals surface area contributed by atoms with Gasteiger partial charge in [-0.05, 0) is 29.8 Å². The summed E-state index contributed by atoms with van der Waals surface area (Å²) in [5.41, 5.74) is 3.61. The van der Waals surface area contributed by atoms with Crippen LogP contribution in [-0.2, 0) is 17.9 Å². The van der Waals surface area contributed by atoms with Gasteiger partial charge in [0.15, 0.2) is 0 Å². The van der Waals surface area contributed by atoms with Crippen LogP contribution in [0.15, 0.2) is 67.1 Å². The molecule has 1 amide bonds. The number of fused-ring (bicyclic) bond motifs is 2. The Morgan fingerprint density at radius 1 is 1.17 bits per heavy atom. The molecule has 5 rings (SSSR count). The Morgan fingerprint density at radius 2 is 2.10 bits per heavy atom. The number of hydrogen-bond donors (Lipinski definition) is 1. The fourth-order valence-corrected chi connectivity index (χ4v) is 3.82. The van der Waals surface area contributed by atoms with Gasteiger partial charge in [0, 0.05) is 36.0 Å². The van der Waals surface area contributed by atoms with Gasteiger partial charge < -0.3 is 14.6 Å². The van der Waals surface area contributed by atoms with Crippen LogP contribution in [0, 0.1) is 0 Å². The maximum atomic E-state index is 13.2. The van der Waals surface area contributed by atoms with Gasteiger partial charge in [-0.2, -0.15) is 5.10 Å². The number of nitrogens with one attached hydrogen (secondary N) is 1. The summed E-state index contributed by atoms with van der Waals surface area (Å²) in [4.78, 5) is 22.4. The molecule has 4 heterocycles. The number of H-pyrrole nitrogens is 1. The van der Waals surface area contributed by atoms with E-state index in [0.717, 1.165) is 22.2 Å². The van der Waals surface area contributed by atoms with Gasteiger partial charge in [-0.15, -0.1) is 0 Å². The van der Waals surface area contributed by atoms with Crippen molar-refractivity contribution in [2.75, 3.05) is 13.2 Å². The lowest BCUT2D eigenvalue weighted by Gasteiger charge is -2.33. The molecule has 7 heteroatoms. The molecule has 4 aromatic rings. The second-order valence-electron chi connectivity index (χ2n) is 7.25. The minimum atomic E-state index is -0.0289. The molecule has 1 atom stereocenters. The van der Waals surface area contributed by atoms with Gasteiger partial charge in [-0.1, -0.05) is 24.3 Å². The molecule has 0 saturated heterocycles. The number of ether oxygens (including phenoxy) is 1. The van der Waals surface area contributed by atoms with E-state index in [4.69, 9.17) is 4.74 Å². The zero-order valence-electron chi connectivity index (χ0n) is 15.9. The van der Waals surface area contributed by atoms with E-state index in [1.54, 1.807) is 18.6 Å². The van der Waals surface area contributed by atoms with Crippen molar-refractivity contribution in [2.24, 2.45) is 0 Å². The Balaban J connectivity index is 1.32. The Kier molecular flexibility index (Phi) is 4.57. The summed E-state index contributed by atoms with van der Waals surface area (Å²) in [6, 6.07) is 15.6. The molecule has 0 bridgehead atoms. The first-order valence-electron chi connectivity index (χ1n) is 9.64. The van der Waals surface area contributed by atoms with Gasteiger partial charge in [-0.25, -0.2) is 0 Å². The van der Waals surface area contributed by atoms with Gasteiger partial charge in [0.05, 0.1) is 31.5 Å². The molecule has 0 saturated carbocycles. The lowest BCUT2D eigenvalue weighted by Crippen LogP contribution is -2.42. The number of carbonyl (C=O) groups excluding carboxylic acids is 1. The van der Waals surface area contributed by atoms with Crippen molar-refractivity contribution in [1.29, 1.82) is 0 Å². The number of pyridine rings is 1. The highest BCUT2D eigenvalue weighted by Crippen LogP contribution is 2.24. The average molecular weight is 387 g/mol. The summed E-state index contributed by atoms with van der Waals surface area (Å²) in [7, 11) is 0. The van der Waals surface area contributed by atoms with Crippen molar-refractivity contribution in [2.45, 2.75) is 19.2 Å². The highest BCUT2D eigenvalue weighted by molar-refractivity contribution is 5.98. The van der Waals surface area contributed by atoms with Crippen LogP contribution in [-0.4, -0.2) is 43.7 Å². The van der Waals surface area contributed by atoms with E-state index in [9.17, 15) is 4.79 Å². The molecule has 0 fully saturated rings. The number of hydrogen-bond acceptors (Lipinski definition) is 4. The van der Waals surface area contributed by atoms with Crippen molar-refractivity contribution in [3.63, 3.8) is 0 Å². The SMILES string of the molecule is O=C(c1cc2ccccc2[nH]1)N1Cc2ccnn2[C@@H](COCc2cccnc2)C1. The van der Waals surface area contributed by atoms with Crippen molar-refractivity contribution in [3.8, 4) is 0 Å². The van der Waals surface area contributed by atoms with Crippen molar-refractivity contribution >= 4 is 16.8 Å². The van der Waals surface area contributed by atoms with E-state index < -0.39 is 0 Å². The number of benzene rings is 1. The van der Waals surface area contributed by atoms with Gasteiger partial charge in [0.2, 0.25) is 0 Å². The van der Waals surface area contributed by atoms with Crippen LogP contribution < -0.4 is 0 Å². The standard InChI is InChI=1S/C22H21N5O2/c28-22(21-10-17-5-1-2-6-20(17)25-21)26-12-18-7-9-24-27(18)19(13-26)15-29-14-16-4-3-8-23-11-16/h1-11,19,25H,12-15H2/t19-/m1/s1. The first-order chi connectivity index (χ1) is 14.3. The monoisotopic (exact) mass is 387 g/mol. The molecule has 1 aliphatic heterocycles. The predicted molar refractivity (Wildman–Crippen MR) is 108 cm³/mol. The second-order valence-corrected chi connectivity index (χ2v) is 7.25. The van der Waals surface area contributed by atoms with Gasteiger partial charge in [0.1, 0.15) is 5.69 Å². The molecule has 1 aliphatic rings. The average Bonchev–Trinajstić information content (AvgIpc) is 3.40. The molecule has 146 valence electrons. The Morgan fingerprint density at radius 3 is 2.97 bits per heavy atom. The Bertz CT molecular complexity index is 1100. The quantitative estimate of drug-likeness (QED) is 0.571. The normalized spacial score (nSPS) is 16.1. The third-order valence-electron chi connectivity index (χ3n) is 5.23. The fourth-order valence-electron chi connectivity index (χ4n) is 3.82. The van der Waals surface area contributed by atoms with Crippen LogP contribution in [0.4, 0.5) is 0 Å². The van der Waals surface area contributed by atoms with Gasteiger partial charge in [0.25, 0.3) is 5.91 Å². The Labute approximate surface area is 167 Å². The molecule has 0 spiro atoms. The maximum Gasteiger partial charge on any atom is 0.270 e. The molecule has 0 aliphatic carbocycles. The first-order valence-corrected chi connectivity index (χ1v) is 9.64. The number of nitrogens with zero attached hydrogens (tertiary/aromatic N) is 4. The smallest absolute Gasteiger partial charge is 0.270 e. The highest BCUT2D eigenvalue weighted by Gasteiger charge is 2.29. The number of aromatic amines is 1. The molecule has 7 nitrogen and oxygen atoms in total. The molecule has 3 aromatic heterocycles. The van der Waals surface area contributed by atoms with E-state index in [0.29, 0.717) is 32.0 Å². The third-order valence-corrected chi connectivity index (χ3v) is 5.23. The zero-order valence-corrected chi connectivity index (χ0v) is 15.9. The number of amides is 1. The zero-order chi connectivity index (χ0) is 19.6. The molecule has 29 heavy (non-hydrogen) atoms. The molecule has 1 N–H and O–H groups in total. The maximum absolute atomic E-state index is 13.2. The van der Waals surface area contributed by atoms with Crippen molar-refractivity contribution < 1.29 is 9.53 Å². The number of para-hydroxylation sites is 1. The summed E-state index contributed by atoms with van der Waals surface area (Å²) < 4.78 is 7.89. The topological polar surface area (TPSA) is 76.0 Å². The summed E-state index contributed by atoms with van der Waals surface area (Å²) in [5, 5.41) is 5.48. The molecule has 0 radical (unpaired) electrons. The molecule has 0 unspecified atom stereocenters. The van der Waals surface area contributed by atoms with E-state index >= 15 is 0 Å². The number of aromatic nitrogens is 4. The van der Waals surface area contributed by atoms with Crippen molar-refractivity contribution in [1.82, 2.24) is 24.6 Å². The van der Waals surface area contributed by atoms with Gasteiger partial charge in [-0.3, -0.25) is 14.5 Å². The summed E-state index contributed by atoms with van der Waals surface area (Å²) in [5.74, 6) is -0.00842. The van der Waals surface area contributed by atoms with Crippen LogP contribution in [0.25, 0.3) is 10.9 Å². The minimum Gasteiger partial charge on any atom is -0.374 e. The van der Waals surface area contributed by atoms with E-state index in [-0.39, 0.29) is 11.9 Å². The minimum absolute atomic E-state index is 0.00842. The highest BCUT2D eigenvalue weighted by atomic mass is 16.5. The van der Waals surface area contributed by atoms with Crippen LogP contribution in [0.3, 0.4) is 0 Å². The number of carbonyl (C=O) groups is 1. The van der Waals surface area contributed by atoms with Crippen LogP contribution in [0.1, 0.15) is 27.8 Å². The van der Waals surface area contributed by atoms with Crippen LogP contribution in [0.5, 0.6) is 0 Å². The summed E-state index contributed by atoms with van der Waals surface area (Å²) >= 11 is 0. The summed E-state index contributed by atoms with van der Waals surface area (Å²) in [6.07, 6.45) is 5.32. The summed E-state index contributed by atoms with van der Waals surface area (Å²) in [6.45, 7) is 2.04. The third kappa shape index (κ3) is 3.52. The van der Waals surface area contributed by atoms with Crippen molar-refractivity contribution in [3.05, 3.63) is 84.1 Å². The molecule has 1 aromatic carbocycles. The van der Waals surface area contributed by atoms with E-state index in [1.165, 1.54) is 0 Å². The fraction of sp³-hybridized carbons (Fsp3) is 0.227. The molecular formula is C22H21N5O2. The van der Waals surface area contributed by atoms with Crippen LogP contribution >= 0.6 is 0 Å². The predicted octanol–water partition coefficient (Wildman–Crippen LogP) is 3.17. The van der Waals surface area contributed by atoms with Crippen LogP contribution in [0.2, 0.25) is 0 Å². The first kappa shape index (κ1) is 17.6. The second kappa shape index (κ2) is 7.52. The van der Waals surface area contributed by atoms with E-state index in [1.807, 2.05) is 58.1 Å². The largest absolute Gasteiger partial charge is 0.374 e. The number of rotatable bonds is 5. The molecular weight excluding hydrogens is 366 g/mol. The lowest BCUT2D eigenvalue weighted by molar-refractivity contribution is 0.0444. The van der Waals surface area contributed by atoms with Gasteiger partial charge >= 0.3 is 0 Å². The van der Waals surface area contributed by atoms with E-state index in [2.05, 4.69) is 15.1 Å².